The lowest BCUT2D eigenvalue weighted by Crippen LogP contribution is -2.04. The number of halogens is 2. The first kappa shape index (κ1) is 16.6. The molecular weight excluding hydrogens is 407 g/mol. The summed E-state index contributed by atoms with van der Waals surface area (Å²) >= 11 is 3.43. The number of benzene rings is 2. The highest BCUT2D eigenvalue weighted by Gasteiger charge is 2.20. The molecule has 0 radical (unpaired) electrons. The molecule has 134 valence electrons. The van der Waals surface area contributed by atoms with Crippen LogP contribution < -0.4 is 0 Å². The molecule has 0 bridgehead atoms. The Morgan fingerprint density at radius 1 is 1.07 bits per heavy atom. The number of rotatable bonds is 4. The molecule has 0 saturated carbocycles. The number of alkyl halides is 1. The molecular formula is C21H16BrFN4. The predicted octanol–water partition coefficient (Wildman–Crippen LogP) is 4.99. The summed E-state index contributed by atoms with van der Waals surface area (Å²) in [4.78, 5) is 8.95. The summed E-state index contributed by atoms with van der Waals surface area (Å²) < 4.78 is 15.7. The smallest absolute Gasteiger partial charge is 0.183 e. The van der Waals surface area contributed by atoms with Crippen LogP contribution in [-0.2, 0) is 19.4 Å². The van der Waals surface area contributed by atoms with Crippen molar-refractivity contribution < 1.29 is 4.39 Å². The highest BCUT2D eigenvalue weighted by Crippen LogP contribution is 2.37. The van der Waals surface area contributed by atoms with Crippen molar-refractivity contribution in [2.24, 2.45) is 0 Å². The molecule has 0 aliphatic heterocycles. The standard InChI is InChI=1S/C21H16BrFN4/c22-16-10-15(11-24-12-16)20-25-21(27(26-20)9-8-23)18-7-6-14-5-4-13-2-1-3-17(18)19(13)14/h1-3,6-7,10-12H,4-5,8-9H2. The highest BCUT2D eigenvalue weighted by atomic mass is 79.9. The van der Waals surface area contributed by atoms with Gasteiger partial charge < -0.3 is 0 Å². The minimum absolute atomic E-state index is 0.173. The molecule has 0 atom stereocenters. The molecule has 0 fully saturated rings. The van der Waals surface area contributed by atoms with Crippen LogP contribution in [0.25, 0.3) is 33.5 Å². The quantitative estimate of drug-likeness (QED) is 0.465. The Bertz CT molecular complexity index is 1160. The van der Waals surface area contributed by atoms with Crippen LogP contribution in [-0.4, -0.2) is 26.4 Å². The molecule has 0 N–H and O–H groups in total. The molecule has 0 spiro atoms. The molecule has 1 aliphatic rings. The Labute approximate surface area is 164 Å². The van der Waals surface area contributed by atoms with Crippen molar-refractivity contribution >= 4 is 26.7 Å². The maximum atomic E-state index is 13.2. The molecule has 0 unspecified atom stereocenters. The first-order valence-electron chi connectivity index (χ1n) is 8.90. The minimum Gasteiger partial charge on any atom is -0.263 e. The van der Waals surface area contributed by atoms with Crippen LogP contribution in [0, 0.1) is 0 Å². The fourth-order valence-corrected chi connectivity index (χ4v) is 4.24. The Hall–Kier alpha value is -2.60. The second-order valence-electron chi connectivity index (χ2n) is 6.67. The largest absolute Gasteiger partial charge is 0.263 e. The predicted molar refractivity (Wildman–Crippen MR) is 107 cm³/mol. The average molecular weight is 423 g/mol. The number of pyridine rings is 1. The zero-order valence-electron chi connectivity index (χ0n) is 14.5. The third kappa shape index (κ3) is 2.75. The van der Waals surface area contributed by atoms with E-state index < -0.39 is 6.67 Å². The number of nitrogens with zero attached hydrogens (tertiary/aromatic N) is 4. The van der Waals surface area contributed by atoms with E-state index in [2.05, 4.69) is 56.3 Å². The van der Waals surface area contributed by atoms with E-state index in [9.17, 15) is 4.39 Å². The topological polar surface area (TPSA) is 43.6 Å². The Morgan fingerprint density at radius 2 is 1.93 bits per heavy atom. The summed E-state index contributed by atoms with van der Waals surface area (Å²) in [7, 11) is 0. The van der Waals surface area contributed by atoms with Crippen LogP contribution in [0.3, 0.4) is 0 Å². The SMILES string of the molecule is FCCn1nc(-c2cncc(Br)c2)nc1-c1ccc2c3c(cccc13)CC2. The Balaban J connectivity index is 1.73. The van der Waals surface area contributed by atoms with E-state index in [0.717, 1.165) is 33.8 Å². The van der Waals surface area contributed by atoms with Gasteiger partial charge in [0.1, 0.15) is 6.67 Å². The van der Waals surface area contributed by atoms with Gasteiger partial charge in [-0.3, -0.25) is 4.98 Å². The van der Waals surface area contributed by atoms with E-state index in [-0.39, 0.29) is 6.54 Å². The number of hydrogen-bond donors (Lipinski definition) is 0. The van der Waals surface area contributed by atoms with Gasteiger partial charge in [-0.25, -0.2) is 14.1 Å². The van der Waals surface area contributed by atoms with Crippen molar-refractivity contribution in [2.75, 3.05) is 6.67 Å². The number of aryl methyl sites for hydroxylation is 3. The van der Waals surface area contributed by atoms with Gasteiger partial charge >= 0.3 is 0 Å². The molecule has 2 aromatic carbocycles. The van der Waals surface area contributed by atoms with Crippen molar-refractivity contribution in [3.05, 3.63) is 64.4 Å². The van der Waals surface area contributed by atoms with Gasteiger partial charge in [-0.05, 0) is 56.7 Å². The summed E-state index contributed by atoms with van der Waals surface area (Å²) in [5, 5.41) is 7.04. The molecule has 4 nitrogen and oxygen atoms in total. The third-order valence-corrected chi connectivity index (χ3v) is 5.48. The molecule has 1 aliphatic carbocycles. The van der Waals surface area contributed by atoms with Crippen LogP contribution in [0.1, 0.15) is 11.1 Å². The van der Waals surface area contributed by atoms with Crippen LogP contribution in [0.2, 0.25) is 0 Å². The van der Waals surface area contributed by atoms with Gasteiger partial charge in [0.2, 0.25) is 0 Å². The highest BCUT2D eigenvalue weighted by molar-refractivity contribution is 9.10. The van der Waals surface area contributed by atoms with Crippen molar-refractivity contribution in [3.63, 3.8) is 0 Å². The second kappa shape index (κ2) is 6.53. The molecule has 5 rings (SSSR count). The van der Waals surface area contributed by atoms with Crippen LogP contribution >= 0.6 is 15.9 Å². The van der Waals surface area contributed by atoms with Crippen LogP contribution in [0.15, 0.2) is 53.3 Å². The zero-order valence-corrected chi connectivity index (χ0v) is 16.1. The summed E-state index contributed by atoms with van der Waals surface area (Å²) in [5.74, 6) is 1.24. The summed E-state index contributed by atoms with van der Waals surface area (Å²) in [6, 6.07) is 12.6. The molecule has 2 heterocycles. The van der Waals surface area contributed by atoms with Crippen LogP contribution in [0.4, 0.5) is 4.39 Å². The van der Waals surface area contributed by atoms with E-state index in [1.54, 1.807) is 17.1 Å². The van der Waals surface area contributed by atoms with Gasteiger partial charge in [-0.1, -0.05) is 30.3 Å². The monoisotopic (exact) mass is 422 g/mol. The molecule has 0 saturated heterocycles. The van der Waals surface area contributed by atoms with Gasteiger partial charge in [-0.2, -0.15) is 5.10 Å². The minimum atomic E-state index is -0.492. The maximum Gasteiger partial charge on any atom is 0.183 e. The van der Waals surface area contributed by atoms with Gasteiger partial charge in [0.15, 0.2) is 11.6 Å². The molecule has 2 aromatic heterocycles. The normalized spacial score (nSPS) is 12.8. The molecule has 6 heteroatoms. The lowest BCUT2D eigenvalue weighted by atomic mass is 9.99. The Morgan fingerprint density at radius 3 is 2.74 bits per heavy atom. The first-order valence-corrected chi connectivity index (χ1v) is 9.69. The maximum absolute atomic E-state index is 13.2. The molecule has 27 heavy (non-hydrogen) atoms. The number of aromatic nitrogens is 4. The summed E-state index contributed by atoms with van der Waals surface area (Å²) in [5.41, 5.74) is 4.54. The van der Waals surface area contributed by atoms with Crippen molar-refractivity contribution in [1.82, 2.24) is 19.7 Å². The van der Waals surface area contributed by atoms with Gasteiger partial charge in [-0.15, -0.1) is 0 Å². The van der Waals surface area contributed by atoms with E-state index in [1.165, 1.54) is 16.5 Å². The first-order chi connectivity index (χ1) is 13.2. The molecule has 4 aromatic rings. The van der Waals surface area contributed by atoms with E-state index in [4.69, 9.17) is 4.98 Å². The lowest BCUT2D eigenvalue weighted by molar-refractivity contribution is 0.429. The van der Waals surface area contributed by atoms with Crippen molar-refractivity contribution in [1.29, 1.82) is 0 Å². The lowest BCUT2D eigenvalue weighted by Gasteiger charge is -2.09. The fraction of sp³-hybridized carbons (Fsp3) is 0.190. The van der Waals surface area contributed by atoms with Gasteiger partial charge in [0.25, 0.3) is 0 Å². The van der Waals surface area contributed by atoms with Crippen molar-refractivity contribution in [3.8, 4) is 22.8 Å². The molecule has 0 amide bonds. The van der Waals surface area contributed by atoms with Gasteiger partial charge in [0.05, 0.1) is 6.54 Å². The summed E-state index contributed by atoms with van der Waals surface area (Å²) in [6.45, 7) is -0.319. The van der Waals surface area contributed by atoms with E-state index in [0.29, 0.717) is 11.6 Å². The number of hydrogen-bond acceptors (Lipinski definition) is 3. The fourth-order valence-electron chi connectivity index (χ4n) is 3.88. The van der Waals surface area contributed by atoms with E-state index in [1.807, 2.05) is 6.07 Å². The van der Waals surface area contributed by atoms with Crippen molar-refractivity contribution in [2.45, 2.75) is 19.4 Å². The van der Waals surface area contributed by atoms with E-state index >= 15 is 0 Å². The van der Waals surface area contributed by atoms with Gasteiger partial charge in [0, 0.05) is 28.0 Å². The zero-order chi connectivity index (χ0) is 18.4. The third-order valence-electron chi connectivity index (χ3n) is 5.05. The Kier molecular flexibility index (Phi) is 4.01. The van der Waals surface area contributed by atoms with Crippen LogP contribution in [0.5, 0.6) is 0 Å². The average Bonchev–Trinajstić information content (AvgIpc) is 3.29. The second-order valence-corrected chi connectivity index (χ2v) is 7.59. The summed E-state index contributed by atoms with van der Waals surface area (Å²) in [6.07, 6.45) is 5.58.